The summed E-state index contributed by atoms with van der Waals surface area (Å²) >= 11 is 0. The van der Waals surface area contributed by atoms with E-state index < -0.39 is 0 Å². The van der Waals surface area contributed by atoms with E-state index in [4.69, 9.17) is 4.74 Å². The molecule has 0 spiro atoms. The number of unbranched alkanes of at least 4 members (excludes halogenated alkanes) is 2. The Bertz CT molecular complexity index is 347. The topological polar surface area (TPSA) is 26.3 Å². The van der Waals surface area contributed by atoms with Gasteiger partial charge in [-0.1, -0.05) is 40.0 Å². The highest BCUT2D eigenvalue weighted by atomic mass is 16.5. The van der Waals surface area contributed by atoms with Crippen molar-refractivity contribution in [3.8, 4) is 0 Å². The minimum absolute atomic E-state index is 0.0195. The SMILES string of the molecule is CCCCCC1(C)CCC(C2CCC(OC(=O)CC)CC2)CC1. The van der Waals surface area contributed by atoms with E-state index >= 15 is 0 Å². The Labute approximate surface area is 143 Å². The van der Waals surface area contributed by atoms with Crippen LogP contribution in [0.2, 0.25) is 0 Å². The summed E-state index contributed by atoms with van der Waals surface area (Å²) in [5.74, 6) is 1.82. The fourth-order valence-corrected chi connectivity index (χ4v) is 4.81. The van der Waals surface area contributed by atoms with Crippen LogP contribution in [0.3, 0.4) is 0 Å². The van der Waals surface area contributed by atoms with E-state index in [2.05, 4.69) is 13.8 Å². The zero-order valence-corrected chi connectivity index (χ0v) is 15.7. The number of hydrogen-bond donors (Lipinski definition) is 0. The molecule has 0 amide bonds. The molecule has 2 saturated carbocycles. The average molecular weight is 323 g/mol. The van der Waals surface area contributed by atoms with E-state index in [0.717, 1.165) is 24.7 Å². The number of carbonyl (C=O) groups is 1. The second-order valence-corrected chi connectivity index (χ2v) is 8.49. The fraction of sp³-hybridized carbons (Fsp3) is 0.952. The Hall–Kier alpha value is -0.530. The molecule has 2 fully saturated rings. The predicted molar refractivity (Wildman–Crippen MR) is 96.3 cm³/mol. The van der Waals surface area contributed by atoms with Crippen LogP contribution < -0.4 is 0 Å². The molecule has 23 heavy (non-hydrogen) atoms. The molecule has 0 aromatic carbocycles. The average Bonchev–Trinajstić information content (AvgIpc) is 2.56. The third kappa shape index (κ3) is 5.80. The van der Waals surface area contributed by atoms with Crippen molar-refractivity contribution in [1.29, 1.82) is 0 Å². The van der Waals surface area contributed by atoms with Gasteiger partial charge in [0.2, 0.25) is 0 Å². The Morgan fingerprint density at radius 2 is 1.57 bits per heavy atom. The van der Waals surface area contributed by atoms with Gasteiger partial charge >= 0.3 is 5.97 Å². The lowest BCUT2D eigenvalue weighted by molar-refractivity contribution is -0.150. The molecule has 2 heteroatoms. The van der Waals surface area contributed by atoms with Crippen molar-refractivity contribution in [2.45, 2.75) is 110 Å². The van der Waals surface area contributed by atoms with Crippen LogP contribution in [0.15, 0.2) is 0 Å². The molecule has 2 rings (SSSR count). The first kappa shape index (κ1) is 18.8. The summed E-state index contributed by atoms with van der Waals surface area (Å²) in [6.07, 6.45) is 16.8. The molecule has 0 saturated heterocycles. The van der Waals surface area contributed by atoms with Crippen LogP contribution in [-0.2, 0) is 9.53 Å². The van der Waals surface area contributed by atoms with Gasteiger partial charge in [0.1, 0.15) is 6.10 Å². The monoisotopic (exact) mass is 322 g/mol. The van der Waals surface area contributed by atoms with Crippen LogP contribution >= 0.6 is 0 Å². The quantitative estimate of drug-likeness (QED) is 0.407. The summed E-state index contributed by atoms with van der Waals surface area (Å²) in [5.41, 5.74) is 0.625. The Kier molecular flexibility index (Phi) is 7.43. The summed E-state index contributed by atoms with van der Waals surface area (Å²) in [4.78, 5) is 11.4. The fourth-order valence-electron chi connectivity index (χ4n) is 4.81. The van der Waals surface area contributed by atoms with Crippen LogP contribution in [0.1, 0.15) is 104 Å². The molecular formula is C21H38O2. The van der Waals surface area contributed by atoms with Crippen LogP contribution in [0, 0.1) is 17.3 Å². The van der Waals surface area contributed by atoms with Gasteiger partial charge in [-0.25, -0.2) is 0 Å². The zero-order chi connectivity index (χ0) is 16.7. The molecule has 134 valence electrons. The Balaban J connectivity index is 1.69. The van der Waals surface area contributed by atoms with Crippen molar-refractivity contribution in [1.82, 2.24) is 0 Å². The predicted octanol–water partition coefficient (Wildman–Crippen LogP) is 6.28. The molecular weight excluding hydrogens is 284 g/mol. The molecule has 2 nitrogen and oxygen atoms in total. The van der Waals surface area contributed by atoms with Gasteiger partial charge in [0.15, 0.2) is 0 Å². The first-order valence-electron chi connectivity index (χ1n) is 10.3. The normalized spacial score (nSPS) is 35.0. The molecule has 0 unspecified atom stereocenters. The maximum atomic E-state index is 11.4. The molecule has 0 atom stereocenters. The third-order valence-corrected chi connectivity index (χ3v) is 6.59. The van der Waals surface area contributed by atoms with Gasteiger partial charge in [0, 0.05) is 6.42 Å². The zero-order valence-electron chi connectivity index (χ0n) is 15.7. The lowest BCUT2D eigenvalue weighted by Crippen LogP contribution is -2.32. The van der Waals surface area contributed by atoms with Gasteiger partial charge in [-0.3, -0.25) is 4.79 Å². The summed E-state index contributed by atoms with van der Waals surface area (Å²) in [5, 5.41) is 0. The molecule has 0 aromatic rings. The van der Waals surface area contributed by atoms with Gasteiger partial charge in [-0.2, -0.15) is 0 Å². The number of hydrogen-bond acceptors (Lipinski definition) is 2. The number of esters is 1. The van der Waals surface area contributed by atoms with Crippen LogP contribution in [-0.4, -0.2) is 12.1 Å². The van der Waals surface area contributed by atoms with Crippen LogP contribution in [0.4, 0.5) is 0 Å². The van der Waals surface area contributed by atoms with E-state index in [-0.39, 0.29) is 12.1 Å². The van der Waals surface area contributed by atoms with Crippen LogP contribution in [0.25, 0.3) is 0 Å². The number of carbonyl (C=O) groups excluding carboxylic acids is 1. The van der Waals surface area contributed by atoms with Gasteiger partial charge < -0.3 is 4.74 Å². The lowest BCUT2D eigenvalue weighted by Gasteiger charge is -2.42. The molecule has 0 aliphatic heterocycles. The summed E-state index contributed by atoms with van der Waals surface area (Å²) < 4.78 is 5.53. The second kappa shape index (κ2) is 9.08. The van der Waals surface area contributed by atoms with Crippen molar-refractivity contribution in [2.75, 3.05) is 0 Å². The Morgan fingerprint density at radius 1 is 0.957 bits per heavy atom. The van der Waals surface area contributed by atoms with Gasteiger partial charge in [-0.05, 0) is 75.0 Å². The maximum Gasteiger partial charge on any atom is 0.305 e. The van der Waals surface area contributed by atoms with E-state index in [1.54, 1.807) is 0 Å². The third-order valence-electron chi connectivity index (χ3n) is 6.59. The van der Waals surface area contributed by atoms with Gasteiger partial charge in [0.05, 0.1) is 0 Å². The maximum absolute atomic E-state index is 11.4. The van der Waals surface area contributed by atoms with Crippen molar-refractivity contribution in [3.05, 3.63) is 0 Å². The highest BCUT2D eigenvalue weighted by Crippen LogP contribution is 2.47. The summed E-state index contributed by atoms with van der Waals surface area (Å²) in [6, 6.07) is 0. The van der Waals surface area contributed by atoms with Crippen molar-refractivity contribution in [3.63, 3.8) is 0 Å². The standard InChI is InChI=1S/C21H38O2/c1-4-6-7-14-21(3)15-12-18(13-16-21)17-8-10-19(11-9-17)23-20(22)5-2/h17-19H,4-16H2,1-3H3. The largest absolute Gasteiger partial charge is 0.462 e. The number of rotatable bonds is 7. The Morgan fingerprint density at radius 3 is 2.13 bits per heavy atom. The highest BCUT2D eigenvalue weighted by molar-refractivity contribution is 5.69. The van der Waals surface area contributed by atoms with Gasteiger partial charge in [0.25, 0.3) is 0 Å². The van der Waals surface area contributed by atoms with E-state index in [9.17, 15) is 4.79 Å². The minimum Gasteiger partial charge on any atom is -0.462 e. The summed E-state index contributed by atoms with van der Waals surface area (Å²) in [6.45, 7) is 6.71. The highest BCUT2D eigenvalue weighted by Gasteiger charge is 2.35. The second-order valence-electron chi connectivity index (χ2n) is 8.49. The molecule has 2 aliphatic rings. The van der Waals surface area contributed by atoms with E-state index in [0.29, 0.717) is 11.8 Å². The number of ether oxygens (including phenoxy) is 1. The smallest absolute Gasteiger partial charge is 0.305 e. The van der Waals surface area contributed by atoms with Gasteiger partial charge in [-0.15, -0.1) is 0 Å². The molecule has 0 heterocycles. The lowest BCUT2D eigenvalue weighted by atomic mass is 9.64. The van der Waals surface area contributed by atoms with E-state index in [1.807, 2.05) is 6.92 Å². The van der Waals surface area contributed by atoms with Crippen molar-refractivity contribution >= 4 is 5.97 Å². The molecule has 0 radical (unpaired) electrons. The van der Waals surface area contributed by atoms with Crippen LogP contribution in [0.5, 0.6) is 0 Å². The molecule has 2 aliphatic carbocycles. The first-order chi connectivity index (χ1) is 11.1. The molecule has 0 bridgehead atoms. The molecule has 0 aromatic heterocycles. The molecule has 0 N–H and O–H groups in total. The van der Waals surface area contributed by atoms with Crippen molar-refractivity contribution in [2.24, 2.45) is 17.3 Å². The summed E-state index contributed by atoms with van der Waals surface area (Å²) in [7, 11) is 0. The first-order valence-corrected chi connectivity index (χ1v) is 10.3. The van der Waals surface area contributed by atoms with E-state index in [1.165, 1.54) is 64.2 Å². The van der Waals surface area contributed by atoms with Crippen molar-refractivity contribution < 1.29 is 9.53 Å². The minimum atomic E-state index is -0.0195.